The summed E-state index contributed by atoms with van der Waals surface area (Å²) in [5.74, 6) is -1.55. The van der Waals surface area contributed by atoms with Gasteiger partial charge < -0.3 is 10.6 Å². The fraction of sp³-hybridized carbons (Fsp3) is 0.462. The monoisotopic (exact) mass is 290 g/mol. The molecule has 0 saturated carbocycles. The van der Waals surface area contributed by atoms with E-state index in [1.807, 2.05) is 6.92 Å². The van der Waals surface area contributed by atoms with E-state index in [9.17, 15) is 13.6 Å². The summed E-state index contributed by atoms with van der Waals surface area (Å²) < 4.78 is 26.1. The summed E-state index contributed by atoms with van der Waals surface area (Å²) >= 11 is 0. The molecule has 1 amide bonds. The molecule has 1 aromatic carbocycles. The Morgan fingerprint density at radius 1 is 1.37 bits per heavy atom. The lowest BCUT2D eigenvalue weighted by molar-refractivity contribution is 0.0785. The lowest BCUT2D eigenvalue weighted by Crippen LogP contribution is -2.33. The maximum atomic E-state index is 13.0. The van der Waals surface area contributed by atoms with E-state index in [0.717, 1.165) is 24.6 Å². The molecular weight excluding hydrogens is 274 g/mol. The number of halogens is 3. The van der Waals surface area contributed by atoms with Crippen molar-refractivity contribution in [2.75, 3.05) is 13.1 Å². The van der Waals surface area contributed by atoms with Crippen LogP contribution in [0.15, 0.2) is 18.2 Å². The highest BCUT2D eigenvalue weighted by Gasteiger charge is 2.29. The molecule has 2 rings (SSSR count). The van der Waals surface area contributed by atoms with E-state index < -0.39 is 11.6 Å². The van der Waals surface area contributed by atoms with Crippen LogP contribution >= 0.6 is 12.4 Å². The number of carbonyl (C=O) groups is 1. The summed E-state index contributed by atoms with van der Waals surface area (Å²) in [6.45, 7) is 3.04. The molecule has 0 aliphatic carbocycles. The van der Waals surface area contributed by atoms with Crippen molar-refractivity contribution in [3.8, 4) is 0 Å². The molecule has 1 saturated heterocycles. The molecule has 1 aliphatic heterocycles. The number of rotatable bonds is 2. The molecular formula is C13H17ClF2N2O. The molecule has 3 nitrogen and oxygen atoms in total. The minimum absolute atomic E-state index is 0. The molecule has 2 unspecified atom stereocenters. The van der Waals surface area contributed by atoms with Crippen molar-refractivity contribution < 1.29 is 13.6 Å². The van der Waals surface area contributed by atoms with Gasteiger partial charge in [-0.3, -0.25) is 4.79 Å². The van der Waals surface area contributed by atoms with E-state index in [4.69, 9.17) is 5.73 Å². The van der Waals surface area contributed by atoms with Crippen molar-refractivity contribution >= 4 is 18.3 Å². The number of carbonyl (C=O) groups excluding carboxylic acids is 1. The molecule has 1 aliphatic rings. The van der Waals surface area contributed by atoms with Gasteiger partial charge in [0.25, 0.3) is 5.91 Å². The third-order valence-corrected chi connectivity index (χ3v) is 3.36. The number of likely N-dealkylation sites (tertiary alicyclic amines) is 1. The van der Waals surface area contributed by atoms with Gasteiger partial charge in [0.15, 0.2) is 0 Å². The first-order valence-corrected chi connectivity index (χ1v) is 5.98. The number of benzene rings is 1. The molecule has 19 heavy (non-hydrogen) atoms. The Morgan fingerprint density at radius 2 is 1.95 bits per heavy atom. The number of nitrogens with zero attached hydrogens (tertiary/aromatic N) is 1. The highest BCUT2D eigenvalue weighted by molar-refractivity contribution is 5.94. The molecule has 2 atom stereocenters. The average molecular weight is 291 g/mol. The molecule has 2 N–H and O–H groups in total. The van der Waals surface area contributed by atoms with Crippen LogP contribution in [0.25, 0.3) is 0 Å². The van der Waals surface area contributed by atoms with Gasteiger partial charge in [0.05, 0.1) is 0 Å². The van der Waals surface area contributed by atoms with Gasteiger partial charge in [-0.25, -0.2) is 8.78 Å². The van der Waals surface area contributed by atoms with Crippen LogP contribution < -0.4 is 5.73 Å². The first-order chi connectivity index (χ1) is 8.47. The maximum absolute atomic E-state index is 13.0. The second-order valence-corrected chi connectivity index (χ2v) is 4.82. The van der Waals surface area contributed by atoms with Crippen molar-refractivity contribution in [3.05, 3.63) is 35.4 Å². The summed E-state index contributed by atoms with van der Waals surface area (Å²) in [6, 6.07) is 2.90. The van der Waals surface area contributed by atoms with Gasteiger partial charge in [-0.2, -0.15) is 0 Å². The predicted molar refractivity (Wildman–Crippen MR) is 71.3 cm³/mol. The van der Waals surface area contributed by atoms with Gasteiger partial charge in [-0.1, -0.05) is 0 Å². The van der Waals surface area contributed by atoms with E-state index in [1.165, 1.54) is 0 Å². The molecule has 6 heteroatoms. The van der Waals surface area contributed by atoms with Crippen molar-refractivity contribution in [2.24, 2.45) is 11.7 Å². The molecule has 1 aromatic rings. The zero-order valence-electron chi connectivity index (χ0n) is 10.6. The van der Waals surface area contributed by atoms with Crippen molar-refractivity contribution in [3.63, 3.8) is 0 Å². The number of hydrogen-bond acceptors (Lipinski definition) is 2. The third kappa shape index (κ3) is 3.64. The molecule has 0 aromatic heterocycles. The summed E-state index contributed by atoms with van der Waals surface area (Å²) in [5.41, 5.74) is 5.84. The van der Waals surface area contributed by atoms with Crippen LogP contribution in [0.3, 0.4) is 0 Å². The van der Waals surface area contributed by atoms with Crippen LogP contribution in [0.1, 0.15) is 23.7 Å². The number of nitrogens with two attached hydrogens (primary N) is 1. The van der Waals surface area contributed by atoms with Crippen LogP contribution in [-0.4, -0.2) is 29.9 Å². The molecule has 0 spiro atoms. The van der Waals surface area contributed by atoms with Gasteiger partial charge in [-0.15, -0.1) is 12.4 Å². The van der Waals surface area contributed by atoms with E-state index in [1.54, 1.807) is 4.90 Å². The quantitative estimate of drug-likeness (QED) is 0.907. The van der Waals surface area contributed by atoms with Crippen LogP contribution in [0.5, 0.6) is 0 Å². The second kappa shape index (κ2) is 6.30. The van der Waals surface area contributed by atoms with Crippen molar-refractivity contribution in [2.45, 2.75) is 19.4 Å². The van der Waals surface area contributed by atoms with E-state index in [0.29, 0.717) is 13.1 Å². The van der Waals surface area contributed by atoms with Crippen LogP contribution in [0, 0.1) is 17.6 Å². The first-order valence-electron chi connectivity index (χ1n) is 5.98. The lowest BCUT2D eigenvalue weighted by Gasteiger charge is -2.18. The fourth-order valence-electron chi connectivity index (χ4n) is 2.26. The Labute approximate surface area is 117 Å². The topological polar surface area (TPSA) is 46.3 Å². The minimum atomic E-state index is -0.735. The highest BCUT2D eigenvalue weighted by Crippen LogP contribution is 2.21. The zero-order chi connectivity index (χ0) is 13.3. The summed E-state index contributed by atoms with van der Waals surface area (Å²) in [6.07, 6.45) is 0.835. The van der Waals surface area contributed by atoms with E-state index in [2.05, 4.69) is 0 Å². The Kier molecular flexibility index (Phi) is 5.26. The normalized spacial score (nSPS) is 20.0. The van der Waals surface area contributed by atoms with Gasteiger partial charge >= 0.3 is 0 Å². The zero-order valence-corrected chi connectivity index (χ0v) is 11.4. The average Bonchev–Trinajstić information content (AvgIpc) is 2.75. The SMILES string of the molecule is CC(N)C1CCN(C(=O)c2cc(F)cc(F)c2)C1.Cl. The van der Waals surface area contributed by atoms with Crippen molar-refractivity contribution in [1.82, 2.24) is 4.90 Å². The first kappa shape index (κ1) is 15.9. The molecule has 1 fully saturated rings. The lowest BCUT2D eigenvalue weighted by atomic mass is 10.0. The van der Waals surface area contributed by atoms with Gasteiger partial charge in [0.1, 0.15) is 11.6 Å². The van der Waals surface area contributed by atoms with Gasteiger partial charge in [0.2, 0.25) is 0 Å². The summed E-state index contributed by atoms with van der Waals surface area (Å²) in [4.78, 5) is 13.7. The third-order valence-electron chi connectivity index (χ3n) is 3.36. The smallest absolute Gasteiger partial charge is 0.254 e. The minimum Gasteiger partial charge on any atom is -0.338 e. The van der Waals surface area contributed by atoms with Crippen LogP contribution in [0.4, 0.5) is 8.78 Å². The van der Waals surface area contributed by atoms with E-state index >= 15 is 0 Å². The second-order valence-electron chi connectivity index (χ2n) is 4.82. The molecule has 1 heterocycles. The number of amides is 1. The molecule has 0 bridgehead atoms. The summed E-state index contributed by atoms with van der Waals surface area (Å²) in [5, 5.41) is 0. The Bertz CT molecular complexity index is 448. The highest BCUT2D eigenvalue weighted by atomic mass is 35.5. The predicted octanol–water partition coefficient (Wildman–Crippen LogP) is 2.20. The Balaban J connectivity index is 0.00000180. The van der Waals surface area contributed by atoms with Crippen LogP contribution in [-0.2, 0) is 0 Å². The maximum Gasteiger partial charge on any atom is 0.254 e. The number of hydrogen-bond donors (Lipinski definition) is 1. The Hall–Kier alpha value is -1.20. The molecule has 0 radical (unpaired) electrons. The fourth-order valence-corrected chi connectivity index (χ4v) is 2.26. The van der Waals surface area contributed by atoms with Crippen LogP contribution in [0.2, 0.25) is 0 Å². The summed E-state index contributed by atoms with van der Waals surface area (Å²) in [7, 11) is 0. The van der Waals surface area contributed by atoms with Crippen molar-refractivity contribution in [1.29, 1.82) is 0 Å². The largest absolute Gasteiger partial charge is 0.338 e. The Morgan fingerprint density at radius 3 is 2.42 bits per heavy atom. The standard InChI is InChI=1S/C13H16F2N2O.ClH/c1-8(16)9-2-3-17(7-9)13(18)10-4-11(14)6-12(15)5-10;/h4-6,8-9H,2-3,7,16H2,1H3;1H. The van der Waals surface area contributed by atoms with Gasteiger partial charge in [0, 0.05) is 30.8 Å². The van der Waals surface area contributed by atoms with Gasteiger partial charge in [-0.05, 0) is 31.4 Å². The van der Waals surface area contributed by atoms with E-state index in [-0.39, 0.29) is 35.8 Å². The molecule has 106 valence electrons.